The van der Waals surface area contributed by atoms with Gasteiger partial charge in [-0.1, -0.05) is 19.4 Å². The summed E-state index contributed by atoms with van der Waals surface area (Å²) in [6.45, 7) is 4.32. The molecule has 0 radical (unpaired) electrons. The Morgan fingerprint density at radius 3 is 2.89 bits per heavy atom. The Morgan fingerprint density at radius 2 is 2.21 bits per heavy atom. The molecular formula is C15H22BrFN2. The van der Waals surface area contributed by atoms with E-state index in [1.165, 1.54) is 18.9 Å². The molecule has 1 aliphatic heterocycles. The van der Waals surface area contributed by atoms with Crippen LogP contribution in [-0.2, 0) is 0 Å². The molecule has 1 heterocycles. The van der Waals surface area contributed by atoms with Gasteiger partial charge in [0.15, 0.2) is 0 Å². The molecule has 1 fully saturated rings. The van der Waals surface area contributed by atoms with Crippen molar-refractivity contribution in [2.75, 3.05) is 13.1 Å². The first-order chi connectivity index (χ1) is 9.13. The van der Waals surface area contributed by atoms with Gasteiger partial charge in [0.05, 0.1) is 4.47 Å². The zero-order valence-corrected chi connectivity index (χ0v) is 13.0. The molecule has 0 bridgehead atoms. The van der Waals surface area contributed by atoms with E-state index >= 15 is 0 Å². The molecule has 106 valence electrons. The standard InChI is InChI=1S/C15H22BrFN2/c1-2-8-19-9-4-3-5-14(18)15(19)11-6-7-13(17)12(16)10-11/h6-7,10,14-15H,2-5,8-9,18H2,1H3. The van der Waals surface area contributed by atoms with Crippen LogP contribution in [0.5, 0.6) is 0 Å². The summed E-state index contributed by atoms with van der Waals surface area (Å²) in [4.78, 5) is 2.46. The molecule has 2 atom stereocenters. The van der Waals surface area contributed by atoms with Crippen molar-refractivity contribution in [3.05, 3.63) is 34.1 Å². The molecule has 2 nitrogen and oxygen atoms in total. The minimum atomic E-state index is -0.215. The van der Waals surface area contributed by atoms with Crippen LogP contribution in [0.15, 0.2) is 22.7 Å². The molecule has 1 aromatic carbocycles. The van der Waals surface area contributed by atoms with Gasteiger partial charge in [0.25, 0.3) is 0 Å². The Balaban J connectivity index is 2.31. The minimum absolute atomic E-state index is 0.131. The Kier molecular flexibility index (Phi) is 5.37. The van der Waals surface area contributed by atoms with E-state index in [1.54, 1.807) is 0 Å². The van der Waals surface area contributed by atoms with Crippen molar-refractivity contribution < 1.29 is 4.39 Å². The highest BCUT2D eigenvalue weighted by molar-refractivity contribution is 9.10. The third-order valence-corrected chi connectivity index (χ3v) is 4.44. The lowest BCUT2D eigenvalue weighted by atomic mass is 9.96. The maximum Gasteiger partial charge on any atom is 0.137 e. The zero-order chi connectivity index (χ0) is 13.8. The molecule has 1 saturated heterocycles. The van der Waals surface area contributed by atoms with Crippen LogP contribution in [0.1, 0.15) is 44.2 Å². The van der Waals surface area contributed by atoms with E-state index in [4.69, 9.17) is 5.73 Å². The summed E-state index contributed by atoms with van der Waals surface area (Å²) < 4.78 is 13.9. The number of rotatable bonds is 3. The lowest BCUT2D eigenvalue weighted by molar-refractivity contribution is 0.185. The van der Waals surface area contributed by atoms with Crippen molar-refractivity contribution in [2.24, 2.45) is 5.73 Å². The second-order valence-corrected chi connectivity index (χ2v) is 6.17. The van der Waals surface area contributed by atoms with Crippen LogP contribution in [0.2, 0.25) is 0 Å². The Labute approximate surface area is 123 Å². The number of hydrogen-bond donors (Lipinski definition) is 1. The van der Waals surface area contributed by atoms with Crippen molar-refractivity contribution in [1.82, 2.24) is 4.90 Å². The zero-order valence-electron chi connectivity index (χ0n) is 11.4. The number of nitrogens with zero attached hydrogens (tertiary/aromatic N) is 1. The lowest BCUT2D eigenvalue weighted by Crippen LogP contribution is -2.40. The van der Waals surface area contributed by atoms with Crippen LogP contribution in [0.3, 0.4) is 0 Å². The molecule has 1 aliphatic rings. The van der Waals surface area contributed by atoms with Crippen LogP contribution in [0, 0.1) is 5.82 Å². The van der Waals surface area contributed by atoms with E-state index < -0.39 is 0 Å². The third-order valence-electron chi connectivity index (χ3n) is 3.83. The molecule has 0 spiro atoms. The molecule has 0 aliphatic carbocycles. The van der Waals surface area contributed by atoms with Gasteiger partial charge >= 0.3 is 0 Å². The summed E-state index contributed by atoms with van der Waals surface area (Å²) in [7, 11) is 0. The van der Waals surface area contributed by atoms with Gasteiger partial charge in [0.2, 0.25) is 0 Å². The predicted molar refractivity (Wildman–Crippen MR) is 80.5 cm³/mol. The summed E-state index contributed by atoms with van der Waals surface area (Å²) in [5.41, 5.74) is 7.49. The maximum atomic E-state index is 13.4. The van der Waals surface area contributed by atoms with Gasteiger partial charge in [0.1, 0.15) is 5.82 Å². The second kappa shape index (κ2) is 6.82. The molecule has 2 rings (SSSR count). The highest BCUT2D eigenvalue weighted by Gasteiger charge is 2.28. The van der Waals surface area contributed by atoms with Crippen molar-refractivity contribution in [3.8, 4) is 0 Å². The van der Waals surface area contributed by atoms with E-state index in [1.807, 2.05) is 12.1 Å². The van der Waals surface area contributed by atoms with Crippen LogP contribution < -0.4 is 5.73 Å². The fraction of sp³-hybridized carbons (Fsp3) is 0.600. The van der Waals surface area contributed by atoms with E-state index in [2.05, 4.69) is 27.8 Å². The summed E-state index contributed by atoms with van der Waals surface area (Å²) in [6.07, 6.45) is 4.54. The number of hydrogen-bond acceptors (Lipinski definition) is 2. The SMILES string of the molecule is CCCN1CCCCC(N)C1c1ccc(F)c(Br)c1. The number of nitrogens with two attached hydrogens (primary N) is 1. The van der Waals surface area contributed by atoms with Gasteiger partial charge in [-0.05, 0) is 66.0 Å². The minimum Gasteiger partial charge on any atom is -0.326 e. The van der Waals surface area contributed by atoms with Crippen molar-refractivity contribution in [1.29, 1.82) is 0 Å². The van der Waals surface area contributed by atoms with Crippen molar-refractivity contribution in [3.63, 3.8) is 0 Å². The number of likely N-dealkylation sites (tertiary alicyclic amines) is 1. The van der Waals surface area contributed by atoms with Crippen molar-refractivity contribution in [2.45, 2.75) is 44.7 Å². The highest BCUT2D eigenvalue weighted by Crippen LogP contribution is 2.31. The highest BCUT2D eigenvalue weighted by atomic mass is 79.9. The van der Waals surface area contributed by atoms with E-state index in [0.717, 1.165) is 31.5 Å². The molecule has 1 aromatic rings. The van der Waals surface area contributed by atoms with Crippen LogP contribution >= 0.6 is 15.9 Å². The normalized spacial score (nSPS) is 25.3. The Bertz CT molecular complexity index is 425. The van der Waals surface area contributed by atoms with E-state index in [0.29, 0.717) is 4.47 Å². The first-order valence-corrected chi connectivity index (χ1v) is 7.87. The fourth-order valence-corrected chi connectivity index (χ4v) is 3.35. The number of halogens is 2. The third kappa shape index (κ3) is 3.56. The Morgan fingerprint density at radius 1 is 1.42 bits per heavy atom. The number of benzene rings is 1. The fourth-order valence-electron chi connectivity index (χ4n) is 2.96. The van der Waals surface area contributed by atoms with E-state index in [-0.39, 0.29) is 17.9 Å². The summed E-state index contributed by atoms with van der Waals surface area (Å²) in [5.74, 6) is -0.215. The molecule has 19 heavy (non-hydrogen) atoms. The molecule has 4 heteroatoms. The summed E-state index contributed by atoms with van der Waals surface area (Å²) >= 11 is 3.28. The second-order valence-electron chi connectivity index (χ2n) is 5.31. The summed E-state index contributed by atoms with van der Waals surface area (Å²) in [5, 5.41) is 0. The van der Waals surface area contributed by atoms with Gasteiger partial charge in [-0.3, -0.25) is 4.90 Å². The summed E-state index contributed by atoms with van der Waals surface area (Å²) in [6, 6.07) is 5.62. The maximum absolute atomic E-state index is 13.4. The van der Waals surface area contributed by atoms with Crippen LogP contribution in [-0.4, -0.2) is 24.0 Å². The molecule has 2 unspecified atom stereocenters. The first-order valence-electron chi connectivity index (χ1n) is 7.08. The van der Waals surface area contributed by atoms with E-state index in [9.17, 15) is 4.39 Å². The lowest BCUT2D eigenvalue weighted by Gasteiger charge is -2.33. The van der Waals surface area contributed by atoms with Crippen LogP contribution in [0.25, 0.3) is 0 Å². The predicted octanol–water partition coefficient (Wildman–Crippen LogP) is 3.85. The van der Waals surface area contributed by atoms with Crippen molar-refractivity contribution >= 4 is 15.9 Å². The Hall–Kier alpha value is -0.450. The molecular weight excluding hydrogens is 307 g/mol. The van der Waals surface area contributed by atoms with Gasteiger partial charge in [0, 0.05) is 12.1 Å². The molecule has 0 saturated carbocycles. The average molecular weight is 329 g/mol. The monoisotopic (exact) mass is 328 g/mol. The van der Waals surface area contributed by atoms with Crippen LogP contribution in [0.4, 0.5) is 4.39 Å². The molecule has 0 aromatic heterocycles. The quantitative estimate of drug-likeness (QED) is 0.913. The largest absolute Gasteiger partial charge is 0.326 e. The molecule has 2 N–H and O–H groups in total. The van der Waals surface area contributed by atoms with Gasteiger partial charge < -0.3 is 5.73 Å². The van der Waals surface area contributed by atoms with Gasteiger partial charge in [-0.15, -0.1) is 0 Å². The smallest absolute Gasteiger partial charge is 0.137 e. The molecule has 0 amide bonds. The topological polar surface area (TPSA) is 29.3 Å². The van der Waals surface area contributed by atoms with Gasteiger partial charge in [-0.25, -0.2) is 4.39 Å². The van der Waals surface area contributed by atoms with Gasteiger partial charge in [-0.2, -0.15) is 0 Å². The first kappa shape index (κ1) is 14.9. The average Bonchev–Trinajstić information content (AvgIpc) is 2.56.